The molecule has 0 unspecified atom stereocenters. The third-order valence-electron chi connectivity index (χ3n) is 5.65. The fraction of sp³-hybridized carbons (Fsp3) is 0.292. The number of carbonyl (C=O) groups is 1. The van der Waals surface area contributed by atoms with Gasteiger partial charge in [0.25, 0.3) is 0 Å². The number of rotatable bonds is 8. The van der Waals surface area contributed by atoms with E-state index in [1.54, 1.807) is 16.9 Å². The Kier molecular flexibility index (Phi) is 7.42. The lowest BCUT2D eigenvalue weighted by Gasteiger charge is -2.18. The van der Waals surface area contributed by atoms with Crippen LogP contribution in [0.2, 0.25) is 5.02 Å². The van der Waals surface area contributed by atoms with Gasteiger partial charge in [-0.2, -0.15) is 5.10 Å². The van der Waals surface area contributed by atoms with Crippen LogP contribution in [0.5, 0.6) is 0 Å². The Labute approximate surface area is 208 Å². The molecule has 3 aromatic heterocycles. The van der Waals surface area contributed by atoms with Crippen LogP contribution in [-0.2, 0) is 7.05 Å². The average molecular weight is 494 g/mol. The second-order valence-corrected chi connectivity index (χ2v) is 8.38. The van der Waals surface area contributed by atoms with Crippen LogP contribution in [0.3, 0.4) is 0 Å². The SMILES string of the molecule is CCN(CC)CCNC(=O)Nc1nc(-c2cc(Cl)c3ncccc3c2)c(-c2ccn(C)n2)nc1N. The molecule has 0 spiro atoms. The number of aromatic nitrogens is 5. The lowest BCUT2D eigenvalue weighted by Crippen LogP contribution is -2.37. The predicted octanol–water partition coefficient (Wildman–Crippen LogP) is 3.79. The Bertz CT molecular complexity index is 1350. The molecule has 0 aliphatic rings. The zero-order valence-corrected chi connectivity index (χ0v) is 20.7. The third kappa shape index (κ3) is 5.50. The van der Waals surface area contributed by atoms with E-state index in [1.807, 2.05) is 37.5 Å². The number of nitrogen functional groups attached to an aromatic ring is 1. The first-order valence-electron chi connectivity index (χ1n) is 11.4. The van der Waals surface area contributed by atoms with Gasteiger partial charge in [0.2, 0.25) is 0 Å². The third-order valence-corrected chi connectivity index (χ3v) is 5.94. The highest BCUT2D eigenvalue weighted by Gasteiger charge is 2.20. The van der Waals surface area contributed by atoms with E-state index >= 15 is 0 Å². The largest absolute Gasteiger partial charge is 0.381 e. The maximum Gasteiger partial charge on any atom is 0.320 e. The van der Waals surface area contributed by atoms with Crippen molar-refractivity contribution >= 4 is 40.2 Å². The van der Waals surface area contributed by atoms with Crippen molar-refractivity contribution in [3.8, 4) is 22.6 Å². The van der Waals surface area contributed by atoms with Gasteiger partial charge in [0.1, 0.15) is 17.1 Å². The van der Waals surface area contributed by atoms with Gasteiger partial charge in [0.15, 0.2) is 11.6 Å². The molecule has 0 saturated heterocycles. The van der Waals surface area contributed by atoms with Crippen molar-refractivity contribution in [1.82, 2.24) is 34.9 Å². The fourth-order valence-electron chi connectivity index (χ4n) is 3.77. The number of likely N-dealkylation sites (N-methyl/N-ethyl adjacent to an activating group) is 1. The molecule has 4 rings (SSSR count). The molecule has 182 valence electrons. The highest BCUT2D eigenvalue weighted by atomic mass is 35.5. The molecule has 0 radical (unpaired) electrons. The molecule has 0 atom stereocenters. The van der Waals surface area contributed by atoms with Gasteiger partial charge in [-0.3, -0.25) is 15.0 Å². The minimum absolute atomic E-state index is 0.0850. The molecule has 35 heavy (non-hydrogen) atoms. The van der Waals surface area contributed by atoms with E-state index in [1.165, 1.54) is 0 Å². The number of nitrogens with two attached hydrogens (primary N) is 1. The summed E-state index contributed by atoms with van der Waals surface area (Å²) in [7, 11) is 1.82. The summed E-state index contributed by atoms with van der Waals surface area (Å²) in [5.41, 5.74) is 9.16. The number of pyridine rings is 1. The minimum atomic E-state index is -0.407. The highest BCUT2D eigenvalue weighted by Crippen LogP contribution is 2.35. The molecular formula is C24H28ClN9O. The van der Waals surface area contributed by atoms with E-state index < -0.39 is 6.03 Å². The summed E-state index contributed by atoms with van der Waals surface area (Å²) in [5, 5.41) is 11.4. The number of anilines is 2. The molecule has 0 aliphatic heterocycles. The van der Waals surface area contributed by atoms with E-state index in [0.29, 0.717) is 39.7 Å². The van der Waals surface area contributed by atoms with Crippen LogP contribution in [-0.4, -0.2) is 61.8 Å². The molecule has 0 fully saturated rings. The second-order valence-electron chi connectivity index (χ2n) is 7.97. The molecule has 1 aromatic carbocycles. The maximum atomic E-state index is 12.5. The van der Waals surface area contributed by atoms with Crippen LogP contribution >= 0.6 is 11.6 Å². The molecule has 0 aliphatic carbocycles. The summed E-state index contributed by atoms with van der Waals surface area (Å²) in [4.78, 5) is 28.4. The Morgan fingerprint density at radius 1 is 1.17 bits per heavy atom. The Morgan fingerprint density at radius 2 is 1.97 bits per heavy atom. The number of aryl methyl sites for hydroxylation is 1. The summed E-state index contributed by atoms with van der Waals surface area (Å²) in [6.07, 6.45) is 3.50. The number of fused-ring (bicyclic) bond motifs is 1. The van der Waals surface area contributed by atoms with Gasteiger partial charge < -0.3 is 16.0 Å². The smallest absolute Gasteiger partial charge is 0.320 e. The first-order chi connectivity index (χ1) is 16.9. The number of amides is 2. The number of nitrogens with zero attached hydrogens (tertiary/aromatic N) is 6. The van der Waals surface area contributed by atoms with E-state index in [9.17, 15) is 4.79 Å². The molecule has 4 aromatic rings. The quantitative estimate of drug-likeness (QED) is 0.340. The molecule has 4 N–H and O–H groups in total. The summed E-state index contributed by atoms with van der Waals surface area (Å²) in [5.74, 6) is 0.240. The molecule has 3 heterocycles. The Balaban J connectivity index is 1.70. The first-order valence-corrected chi connectivity index (χ1v) is 11.8. The van der Waals surface area contributed by atoms with Crippen molar-refractivity contribution in [2.45, 2.75) is 13.8 Å². The fourth-order valence-corrected chi connectivity index (χ4v) is 4.04. The van der Waals surface area contributed by atoms with Crippen molar-refractivity contribution in [2.75, 3.05) is 37.2 Å². The minimum Gasteiger partial charge on any atom is -0.381 e. The van der Waals surface area contributed by atoms with Crippen LogP contribution < -0.4 is 16.4 Å². The molecule has 0 saturated carbocycles. The van der Waals surface area contributed by atoms with Crippen LogP contribution in [0, 0.1) is 0 Å². The van der Waals surface area contributed by atoms with Gasteiger partial charge >= 0.3 is 6.03 Å². The lowest BCUT2D eigenvalue weighted by molar-refractivity contribution is 0.247. The number of urea groups is 1. The number of carbonyl (C=O) groups excluding carboxylic acids is 1. The van der Waals surface area contributed by atoms with Crippen LogP contribution in [0.1, 0.15) is 13.8 Å². The number of benzene rings is 1. The lowest BCUT2D eigenvalue weighted by atomic mass is 10.0. The summed E-state index contributed by atoms with van der Waals surface area (Å²) in [6, 6.07) is 8.88. The van der Waals surface area contributed by atoms with Crippen molar-refractivity contribution in [3.63, 3.8) is 0 Å². The molecule has 11 heteroatoms. The van der Waals surface area contributed by atoms with Crippen LogP contribution in [0.25, 0.3) is 33.5 Å². The topological polar surface area (TPSA) is 127 Å². The number of halogens is 1. The van der Waals surface area contributed by atoms with Gasteiger partial charge in [0, 0.05) is 43.5 Å². The molecule has 10 nitrogen and oxygen atoms in total. The maximum absolute atomic E-state index is 12.5. The average Bonchev–Trinajstić information content (AvgIpc) is 3.29. The normalized spacial score (nSPS) is 11.2. The van der Waals surface area contributed by atoms with Gasteiger partial charge in [-0.25, -0.2) is 14.8 Å². The summed E-state index contributed by atoms with van der Waals surface area (Å²) < 4.78 is 1.67. The van der Waals surface area contributed by atoms with E-state index in [2.05, 4.69) is 44.4 Å². The van der Waals surface area contributed by atoms with Crippen molar-refractivity contribution in [2.24, 2.45) is 7.05 Å². The van der Waals surface area contributed by atoms with Crippen LogP contribution in [0.15, 0.2) is 42.7 Å². The van der Waals surface area contributed by atoms with E-state index in [4.69, 9.17) is 22.3 Å². The van der Waals surface area contributed by atoms with Gasteiger partial charge in [-0.1, -0.05) is 31.5 Å². The second kappa shape index (κ2) is 10.7. The Hall–Kier alpha value is -3.76. The molecule has 2 amide bonds. The van der Waals surface area contributed by atoms with Crippen molar-refractivity contribution in [1.29, 1.82) is 0 Å². The standard InChI is InChI=1S/C24H28ClN9O/c1-4-34(5-2)12-10-28-24(35)31-23-22(26)29-21(18-8-11-33(3)32-18)20(30-23)16-13-15-7-6-9-27-19(15)17(25)14-16/h6-9,11,13-14H,4-5,10,12H2,1-3H3,(H2,26,29)(H2,28,30,31,35). The van der Waals surface area contributed by atoms with Gasteiger partial charge in [-0.15, -0.1) is 0 Å². The monoisotopic (exact) mass is 493 g/mol. The predicted molar refractivity (Wildman–Crippen MR) is 139 cm³/mol. The first kappa shape index (κ1) is 24.4. The van der Waals surface area contributed by atoms with Gasteiger partial charge in [-0.05, 0) is 37.4 Å². The highest BCUT2D eigenvalue weighted by molar-refractivity contribution is 6.35. The summed E-state index contributed by atoms with van der Waals surface area (Å²) >= 11 is 6.54. The Morgan fingerprint density at radius 3 is 2.69 bits per heavy atom. The zero-order valence-electron chi connectivity index (χ0n) is 19.9. The molecular weight excluding hydrogens is 466 g/mol. The van der Waals surface area contributed by atoms with Crippen LogP contribution in [0.4, 0.5) is 16.4 Å². The van der Waals surface area contributed by atoms with Gasteiger partial charge in [0.05, 0.1) is 10.5 Å². The van der Waals surface area contributed by atoms with Crippen molar-refractivity contribution in [3.05, 3.63) is 47.7 Å². The van der Waals surface area contributed by atoms with E-state index in [-0.39, 0.29) is 11.6 Å². The zero-order chi connectivity index (χ0) is 24.9. The molecule has 0 bridgehead atoms. The summed E-state index contributed by atoms with van der Waals surface area (Å²) in [6.45, 7) is 7.24. The number of hydrogen-bond donors (Lipinski definition) is 3. The van der Waals surface area contributed by atoms with E-state index in [0.717, 1.165) is 25.0 Å². The number of nitrogens with one attached hydrogen (secondary N) is 2. The van der Waals surface area contributed by atoms with Crippen molar-refractivity contribution < 1.29 is 4.79 Å². The number of hydrogen-bond acceptors (Lipinski definition) is 7.